The van der Waals surface area contributed by atoms with Crippen LogP contribution in [0.1, 0.15) is 46.2 Å². The van der Waals surface area contributed by atoms with Crippen LogP contribution in [-0.2, 0) is 0 Å². The summed E-state index contributed by atoms with van der Waals surface area (Å²) in [4.78, 5) is 24.8. The number of nitriles is 1. The number of carbonyl (C=O) groups is 2. The summed E-state index contributed by atoms with van der Waals surface area (Å²) < 4.78 is 11.0. The van der Waals surface area contributed by atoms with Gasteiger partial charge in [-0.15, -0.1) is 0 Å². The fraction of sp³-hybridized carbons (Fsp3) is 0.174. The van der Waals surface area contributed by atoms with E-state index >= 15 is 0 Å². The van der Waals surface area contributed by atoms with E-state index in [1.807, 2.05) is 24.3 Å². The van der Waals surface area contributed by atoms with Crippen molar-refractivity contribution < 1.29 is 23.8 Å². The smallest absolute Gasteiger partial charge is 0.306 e. The lowest BCUT2D eigenvalue weighted by atomic mass is 10.1. The predicted molar refractivity (Wildman–Crippen MR) is 112 cm³/mol. The summed E-state index contributed by atoms with van der Waals surface area (Å²) in [6, 6.07) is 14.5. The molecule has 2 aromatic carbocycles. The molecule has 0 spiro atoms. The second-order valence-electron chi connectivity index (χ2n) is 6.65. The lowest BCUT2D eigenvalue weighted by Gasteiger charge is -2.09. The Morgan fingerprint density at radius 1 is 1.13 bits per heavy atom. The Morgan fingerprint density at radius 2 is 1.94 bits per heavy atom. The molecule has 3 rings (SSSR count). The lowest BCUT2D eigenvalue weighted by Crippen LogP contribution is -2.41. The number of phenols is 1. The molecule has 0 aliphatic carbocycles. The van der Waals surface area contributed by atoms with Crippen LogP contribution in [0.25, 0.3) is 11.1 Å². The Labute approximate surface area is 179 Å². The van der Waals surface area contributed by atoms with E-state index in [4.69, 9.17) is 14.4 Å². The Morgan fingerprint density at radius 3 is 2.71 bits per heavy atom. The van der Waals surface area contributed by atoms with E-state index in [2.05, 4.69) is 17.8 Å². The van der Waals surface area contributed by atoms with Crippen LogP contribution < -0.4 is 15.6 Å². The van der Waals surface area contributed by atoms with Gasteiger partial charge in [-0.2, -0.15) is 5.26 Å². The maximum absolute atomic E-state index is 12.6. The first kappa shape index (κ1) is 21.5. The van der Waals surface area contributed by atoms with Crippen LogP contribution in [0, 0.1) is 11.3 Å². The van der Waals surface area contributed by atoms with Crippen molar-refractivity contribution in [2.24, 2.45) is 0 Å². The minimum atomic E-state index is -0.649. The molecule has 0 bridgehead atoms. The van der Waals surface area contributed by atoms with Gasteiger partial charge in [0.25, 0.3) is 5.91 Å². The van der Waals surface area contributed by atoms with Gasteiger partial charge < -0.3 is 14.3 Å². The van der Waals surface area contributed by atoms with Gasteiger partial charge in [0, 0.05) is 11.1 Å². The number of hydrogen-bond donors (Lipinski definition) is 3. The van der Waals surface area contributed by atoms with Crippen molar-refractivity contribution >= 4 is 11.8 Å². The molecule has 8 heteroatoms. The maximum Gasteiger partial charge on any atom is 0.306 e. The van der Waals surface area contributed by atoms with Crippen molar-refractivity contribution in [3.8, 4) is 28.7 Å². The summed E-state index contributed by atoms with van der Waals surface area (Å²) in [5.74, 6) is -0.819. The predicted octanol–water partition coefficient (Wildman–Crippen LogP) is 3.78. The molecule has 1 heterocycles. The number of rotatable bonds is 7. The number of ether oxygens (including phenoxy) is 1. The van der Waals surface area contributed by atoms with E-state index in [-0.39, 0.29) is 22.6 Å². The zero-order valence-electron chi connectivity index (χ0n) is 16.8. The van der Waals surface area contributed by atoms with Gasteiger partial charge in [0.05, 0.1) is 18.4 Å². The van der Waals surface area contributed by atoms with E-state index in [1.54, 1.807) is 12.1 Å². The molecule has 0 saturated heterocycles. The number of furan rings is 1. The van der Waals surface area contributed by atoms with Crippen LogP contribution in [-0.4, -0.2) is 23.5 Å². The normalized spacial score (nSPS) is 10.2. The summed E-state index contributed by atoms with van der Waals surface area (Å²) in [5.41, 5.74) is 5.89. The molecule has 0 fully saturated rings. The second-order valence-corrected chi connectivity index (χ2v) is 6.65. The van der Waals surface area contributed by atoms with Crippen LogP contribution in [0.15, 0.2) is 59.2 Å². The maximum atomic E-state index is 12.6. The minimum Gasteiger partial charge on any atom is -0.507 e. The molecule has 0 saturated carbocycles. The van der Waals surface area contributed by atoms with Crippen LogP contribution >= 0.6 is 0 Å². The first-order valence-corrected chi connectivity index (χ1v) is 9.68. The Kier molecular flexibility index (Phi) is 6.91. The average Bonchev–Trinajstić information content (AvgIpc) is 3.28. The number of carbonyl (C=O) groups excluding carboxylic acids is 2. The molecule has 1 aromatic heterocycles. The molecule has 158 valence electrons. The monoisotopic (exact) mass is 419 g/mol. The topological polar surface area (TPSA) is 125 Å². The summed E-state index contributed by atoms with van der Waals surface area (Å²) in [5, 5.41) is 18.5. The number of phenolic OH excluding ortho intramolecular Hbond substituents is 1. The Balaban J connectivity index is 1.69. The van der Waals surface area contributed by atoms with Crippen molar-refractivity contribution in [1.29, 1.82) is 5.26 Å². The van der Waals surface area contributed by atoms with Crippen molar-refractivity contribution in [2.75, 3.05) is 6.61 Å². The van der Waals surface area contributed by atoms with Crippen molar-refractivity contribution in [2.45, 2.75) is 19.8 Å². The molecular formula is C23H21N3O5. The highest BCUT2D eigenvalue weighted by Crippen LogP contribution is 2.28. The molecule has 0 aliphatic heterocycles. The second kappa shape index (κ2) is 9.98. The minimum absolute atomic E-state index is 0.0226. The molecule has 0 radical (unpaired) electrons. The number of nitrogens with one attached hydrogen (secondary N) is 2. The van der Waals surface area contributed by atoms with Gasteiger partial charge in [0.2, 0.25) is 5.76 Å². The fourth-order valence-corrected chi connectivity index (χ4v) is 2.81. The molecule has 0 aliphatic rings. The van der Waals surface area contributed by atoms with E-state index in [0.29, 0.717) is 17.9 Å². The number of unbranched alkanes of at least 4 members (excludes halogenated alkanes) is 1. The SMILES string of the molecule is CCCCOc1cccc(-c2ccoc2C(=O)NNC(=O)c2ccc(O)c(C#N)c2)c1. The third-order valence-corrected chi connectivity index (χ3v) is 4.45. The molecule has 0 atom stereocenters. The van der Waals surface area contributed by atoms with Crippen LogP contribution in [0.5, 0.6) is 11.5 Å². The number of hydrogen-bond acceptors (Lipinski definition) is 6. The van der Waals surface area contributed by atoms with Gasteiger partial charge in [0.1, 0.15) is 17.6 Å². The van der Waals surface area contributed by atoms with Crippen molar-refractivity contribution in [1.82, 2.24) is 10.9 Å². The average molecular weight is 419 g/mol. The van der Waals surface area contributed by atoms with Crippen LogP contribution in [0.3, 0.4) is 0 Å². The zero-order chi connectivity index (χ0) is 22.2. The van der Waals surface area contributed by atoms with E-state index in [9.17, 15) is 14.7 Å². The summed E-state index contributed by atoms with van der Waals surface area (Å²) in [6.45, 7) is 2.69. The van der Waals surface area contributed by atoms with Gasteiger partial charge in [-0.05, 0) is 48.4 Å². The Hall–Kier alpha value is -4.25. The quantitative estimate of drug-likeness (QED) is 0.395. The molecule has 31 heavy (non-hydrogen) atoms. The number of hydrazine groups is 1. The van der Waals surface area contributed by atoms with E-state index < -0.39 is 11.8 Å². The van der Waals surface area contributed by atoms with Gasteiger partial charge in [-0.1, -0.05) is 25.5 Å². The number of nitrogens with zero attached hydrogens (tertiary/aromatic N) is 1. The summed E-state index contributed by atoms with van der Waals surface area (Å²) in [6.07, 6.45) is 3.36. The van der Waals surface area contributed by atoms with E-state index in [1.165, 1.54) is 24.5 Å². The standard InChI is InChI=1S/C23H21N3O5/c1-2-3-10-30-18-6-4-5-15(13-18)19-9-11-31-21(19)23(29)26-25-22(28)16-7-8-20(27)17(12-16)14-24/h4-9,11-13,27H,2-3,10H2,1H3,(H,25,28)(H,26,29). The van der Waals surface area contributed by atoms with Gasteiger partial charge in [0.15, 0.2) is 0 Å². The van der Waals surface area contributed by atoms with Crippen LogP contribution in [0.2, 0.25) is 0 Å². The van der Waals surface area contributed by atoms with Crippen LogP contribution in [0.4, 0.5) is 0 Å². The van der Waals surface area contributed by atoms with Gasteiger partial charge in [-0.3, -0.25) is 20.4 Å². The Bertz CT molecular complexity index is 1130. The molecular weight excluding hydrogens is 398 g/mol. The highest BCUT2D eigenvalue weighted by Gasteiger charge is 2.18. The highest BCUT2D eigenvalue weighted by atomic mass is 16.5. The number of aromatic hydroxyl groups is 1. The van der Waals surface area contributed by atoms with Crippen molar-refractivity contribution in [3.63, 3.8) is 0 Å². The third-order valence-electron chi connectivity index (χ3n) is 4.45. The van der Waals surface area contributed by atoms with Gasteiger partial charge in [-0.25, -0.2) is 0 Å². The number of amides is 2. The fourth-order valence-electron chi connectivity index (χ4n) is 2.81. The summed E-state index contributed by atoms with van der Waals surface area (Å²) >= 11 is 0. The van der Waals surface area contributed by atoms with Crippen molar-refractivity contribution in [3.05, 3.63) is 71.7 Å². The molecule has 3 N–H and O–H groups in total. The highest BCUT2D eigenvalue weighted by molar-refractivity contribution is 6.01. The first-order chi connectivity index (χ1) is 15.0. The molecule has 3 aromatic rings. The first-order valence-electron chi connectivity index (χ1n) is 9.68. The largest absolute Gasteiger partial charge is 0.507 e. The zero-order valence-corrected chi connectivity index (χ0v) is 16.8. The third kappa shape index (κ3) is 5.22. The molecule has 2 amide bonds. The number of benzene rings is 2. The molecule has 0 unspecified atom stereocenters. The summed E-state index contributed by atoms with van der Waals surface area (Å²) in [7, 11) is 0. The lowest BCUT2D eigenvalue weighted by molar-refractivity contribution is 0.0831. The molecule has 8 nitrogen and oxygen atoms in total. The van der Waals surface area contributed by atoms with Gasteiger partial charge >= 0.3 is 5.91 Å². The van der Waals surface area contributed by atoms with E-state index in [0.717, 1.165) is 18.4 Å².